The van der Waals surface area contributed by atoms with Gasteiger partial charge in [0.2, 0.25) is 11.8 Å². The molecular weight excluding hydrogens is 262 g/mol. The molecule has 0 aliphatic heterocycles. The van der Waals surface area contributed by atoms with Crippen molar-refractivity contribution >= 4 is 5.91 Å². The lowest BCUT2D eigenvalue weighted by atomic mass is 9.84. The fourth-order valence-corrected chi connectivity index (χ4v) is 3.51. The van der Waals surface area contributed by atoms with E-state index in [2.05, 4.69) is 5.32 Å². The summed E-state index contributed by atoms with van der Waals surface area (Å²) in [7, 11) is 3.82. The molecule has 0 radical (unpaired) electrons. The molecular formula is C15H26F2N2O. The molecule has 2 aliphatic rings. The average Bonchev–Trinajstić information content (AvgIpc) is 2.46. The van der Waals surface area contributed by atoms with Crippen molar-refractivity contribution in [3.63, 3.8) is 0 Å². The predicted molar refractivity (Wildman–Crippen MR) is 74.8 cm³/mol. The highest BCUT2D eigenvalue weighted by molar-refractivity contribution is 5.79. The maximum absolute atomic E-state index is 13.1. The number of nitrogens with one attached hydrogen (secondary N) is 1. The topological polar surface area (TPSA) is 32.3 Å². The number of nitrogens with zero attached hydrogens (tertiary/aromatic N) is 1. The Bertz CT molecular complexity index is 331. The molecule has 0 atom stereocenters. The normalized spacial score (nSPS) is 31.0. The summed E-state index contributed by atoms with van der Waals surface area (Å²) in [6, 6.07) is 0.845. The van der Waals surface area contributed by atoms with Gasteiger partial charge in [-0.05, 0) is 45.6 Å². The Balaban J connectivity index is 1.83. The molecule has 20 heavy (non-hydrogen) atoms. The van der Waals surface area contributed by atoms with Crippen molar-refractivity contribution in [3.8, 4) is 0 Å². The summed E-state index contributed by atoms with van der Waals surface area (Å²) in [5.41, 5.74) is 0. The van der Waals surface area contributed by atoms with Gasteiger partial charge in [0.15, 0.2) is 0 Å². The number of halogens is 2. The molecule has 3 nitrogen and oxygen atoms in total. The molecule has 0 saturated heterocycles. The molecule has 5 heteroatoms. The van der Waals surface area contributed by atoms with Crippen LogP contribution in [0.1, 0.15) is 51.4 Å². The minimum Gasteiger partial charge on any atom is -0.343 e. The summed E-state index contributed by atoms with van der Waals surface area (Å²) in [6.45, 7) is 0. The molecule has 2 aliphatic carbocycles. The van der Waals surface area contributed by atoms with Crippen LogP contribution in [-0.2, 0) is 4.79 Å². The zero-order valence-corrected chi connectivity index (χ0v) is 12.5. The van der Waals surface area contributed by atoms with E-state index in [1.165, 1.54) is 0 Å². The van der Waals surface area contributed by atoms with E-state index in [9.17, 15) is 13.6 Å². The fourth-order valence-electron chi connectivity index (χ4n) is 3.51. The van der Waals surface area contributed by atoms with Crippen LogP contribution in [0, 0.1) is 5.92 Å². The molecule has 1 amide bonds. The summed E-state index contributed by atoms with van der Waals surface area (Å²) >= 11 is 0. The molecule has 0 aromatic carbocycles. The van der Waals surface area contributed by atoms with Crippen molar-refractivity contribution in [2.75, 3.05) is 14.1 Å². The van der Waals surface area contributed by atoms with Crippen LogP contribution >= 0.6 is 0 Å². The minimum atomic E-state index is -2.56. The molecule has 0 unspecified atom stereocenters. The van der Waals surface area contributed by atoms with Crippen LogP contribution in [0.2, 0.25) is 0 Å². The van der Waals surface area contributed by atoms with Crippen LogP contribution in [0.5, 0.6) is 0 Å². The zero-order chi connectivity index (χ0) is 14.8. The van der Waals surface area contributed by atoms with Crippen molar-refractivity contribution in [2.45, 2.75) is 69.4 Å². The van der Waals surface area contributed by atoms with Gasteiger partial charge < -0.3 is 10.2 Å². The van der Waals surface area contributed by atoms with Crippen molar-refractivity contribution in [1.82, 2.24) is 10.2 Å². The molecule has 116 valence electrons. The van der Waals surface area contributed by atoms with E-state index in [0.29, 0.717) is 18.9 Å². The molecule has 1 N–H and O–H groups in total. The van der Waals surface area contributed by atoms with E-state index in [0.717, 1.165) is 25.7 Å². The molecule has 2 rings (SSSR count). The van der Waals surface area contributed by atoms with Crippen LogP contribution < -0.4 is 5.32 Å². The second kappa shape index (κ2) is 6.37. The number of carbonyl (C=O) groups is 1. The number of amides is 1. The average molecular weight is 288 g/mol. The van der Waals surface area contributed by atoms with Crippen LogP contribution in [0.15, 0.2) is 0 Å². The van der Waals surface area contributed by atoms with E-state index >= 15 is 0 Å². The van der Waals surface area contributed by atoms with Gasteiger partial charge in [0.05, 0.1) is 0 Å². The highest BCUT2D eigenvalue weighted by Gasteiger charge is 2.39. The van der Waals surface area contributed by atoms with E-state index in [-0.39, 0.29) is 30.7 Å². The molecule has 0 spiro atoms. The number of hydrogen-bond acceptors (Lipinski definition) is 2. The Hall–Kier alpha value is -0.710. The number of rotatable bonds is 3. The van der Waals surface area contributed by atoms with Crippen LogP contribution in [-0.4, -0.2) is 42.9 Å². The SMILES string of the molecule is CNC1CCC(N(C)C(=O)C2CCC(F)(F)CC2)CC1. The van der Waals surface area contributed by atoms with Gasteiger partial charge in [-0.1, -0.05) is 0 Å². The lowest BCUT2D eigenvalue weighted by molar-refractivity contribution is -0.141. The molecule has 2 fully saturated rings. The van der Waals surface area contributed by atoms with Gasteiger partial charge >= 0.3 is 0 Å². The Morgan fingerprint density at radius 1 is 1.10 bits per heavy atom. The number of alkyl halides is 2. The standard InChI is InChI=1S/C15H26F2N2O/c1-18-12-3-5-13(6-4-12)19(2)14(20)11-7-9-15(16,17)10-8-11/h11-13,18H,3-10H2,1-2H3. The van der Waals surface area contributed by atoms with Gasteiger partial charge in [0, 0.05) is 37.9 Å². The Kier molecular flexibility index (Phi) is 4.99. The first kappa shape index (κ1) is 15.7. The van der Waals surface area contributed by atoms with E-state index in [4.69, 9.17) is 0 Å². The molecule has 0 aromatic heterocycles. The summed E-state index contributed by atoms with van der Waals surface area (Å²) in [4.78, 5) is 14.3. The van der Waals surface area contributed by atoms with Crippen molar-refractivity contribution < 1.29 is 13.6 Å². The van der Waals surface area contributed by atoms with Gasteiger partial charge in [-0.15, -0.1) is 0 Å². The second-order valence-corrected chi connectivity index (χ2v) is 6.37. The Labute approximate surface area is 120 Å². The number of hydrogen-bond donors (Lipinski definition) is 1. The molecule has 2 saturated carbocycles. The lowest BCUT2D eigenvalue weighted by Crippen LogP contribution is -2.45. The summed E-state index contributed by atoms with van der Waals surface area (Å²) < 4.78 is 26.3. The fraction of sp³-hybridized carbons (Fsp3) is 0.933. The maximum Gasteiger partial charge on any atom is 0.248 e. The summed E-state index contributed by atoms with van der Waals surface area (Å²) in [5.74, 6) is -2.67. The first-order valence-electron chi connectivity index (χ1n) is 7.75. The largest absolute Gasteiger partial charge is 0.343 e. The second-order valence-electron chi connectivity index (χ2n) is 6.37. The highest BCUT2D eigenvalue weighted by atomic mass is 19.3. The smallest absolute Gasteiger partial charge is 0.248 e. The van der Waals surface area contributed by atoms with Crippen LogP contribution in [0.3, 0.4) is 0 Å². The highest BCUT2D eigenvalue weighted by Crippen LogP contribution is 2.37. The monoisotopic (exact) mass is 288 g/mol. The van der Waals surface area contributed by atoms with Gasteiger partial charge in [0.1, 0.15) is 0 Å². The van der Waals surface area contributed by atoms with Gasteiger partial charge in [-0.3, -0.25) is 4.79 Å². The zero-order valence-electron chi connectivity index (χ0n) is 12.5. The predicted octanol–water partition coefficient (Wildman–Crippen LogP) is 2.80. The first-order valence-corrected chi connectivity index (χ1v) is 7.75. The van der Waals surface area contributed by atoms with E-state index in [1.807, 2.05) is 19.0 Å². The maximum atomic E-state index is 13.1. The number of carbonyl (C=O) groups excluding carboxylic acids is 1. The third-order valence-electron chi connectivity index (χ3n) is 5.07. The Morgan fingerprint density at radius 3 is 2.15 bits per heavy atom. The van der Waals surface area contributed by atoms with Crippen molar-refractivity contribution in [1.29, 1.82) is 0 Å². The quantitative estimate of drug-likeness (QED) is 0.866. The third kappa shape index (κ3) is 3.68. The van der Waals surface area contributed by atoms with Crippen molar-refractivity contribution in [2.24, 2.45) is 5.92 Å². The third-order valence-corrected chi connectivity index (χ3v) is 5.07. The van der Waals surface area contributed by atoms with Gasteiger partial charge in [-0.25, -0.2) is 8.78 Å². The van der Waals surface area contributed by atoms with Crippen LogP contribution in [0.4, 0.5) is 8.78 Å². The van der Waals surface area contributed by atoms with Gasteiger partial charge in [0.25, 0.3) is 0 Å². The lowest BCUT2D eigenvalue weighted by Gasteiger charge is -2.37. The first-order chi connectivity index (χ1) is 9.43. The van der Waals surface area contributed by atoms with Gasteiger partial charge in [-0.2, -0.15) is 0 Å². The van der Waals surface area contributed by atoms with Crippen molar-refractivity contribution in [3.05, 3.63) is 0 Å². The summed E-state index contributed by atoms with van der Waals surface area (Å²) in [6.07, 6.45) is 4.59. The van der Waals surface area contributed by atoms with Crippen LogP contribution in [0.25, 0.3) is 0 Å². The minimum absolute atomic E-state index is 0.0772. The molecule has 0 aromatic rings. The summed E-state index contributed by atoms with van der Waals surface area (Å²) in [5, 5.41) is 3.28. The van der Waals surface area contributed by atoms with E-state index < -0.39 is 5.92 Å². The molecule has 0 bridgehead atoms. The molecule has 0 heterocycles. The van der Waals surface area contributed by atoms with E-state index in [1.54, 1.807) is 0 Å². The Morgan fingerprint density at radius 2 is 1.65 bits per heavy atom.